The Bertz CT molecular complexity index is 298. The SMILES string of the molecule is I.NC(=NCCCN1CCC(O)CC1)N1CCCCCC1. The quantitative estimate of drug-likeness (QED) is 0.320. The van der Waals surface area contributed by atoms with E-state index in [-0.39, 0.29) is 30.1 Å². The molecule has 21 heavy (non-hydrogen) atoms. The summed E-state index contributed by atoms with van der Waals surface area (Å²) in [5, 5.41) is 9.47. The zero-order chi connectivity index (χ0) is 14.2. The van der Waals surface area contributed by atoms with Gasteiger partial charge < -0.3 is 20.6 Å². The number of aliphatic hydroxyl groups is 1. The average Bonchev–Trinajstić information content (AvgIpc) is 2.74. The molecule has 2 saturated heterocycles. The van der Waals surface area contributed by atoms with E-state index in [0.717, 1.165) is 64.5 Å². The van der Waals surface area contributed by atoms with Crippen LogP contribution in [0.15, 0.2) is 4.99 Å². The largest absolute Gasteiger partial charge is 0.393 e. The van der Waals surface area contributed by atoms with Crippen molar-refractivity contribution in [3.05, 3.63) is 0 Å². The summed E-state index contributed by atoms with van der Waals surface area (Å²) >= 11 is 0. The van der Waals surface area contributed by atoms with E-state index in [2.05, 4.69) is 14.8 Å². The van der Waals surface area contributed by atoms with E-state index in [0.29, 0.717) is 0 Å². The second-order valence-corrected chi connectivity index (χ2v) is 6.07. The van der Waals surface area contributed by atoms with Gasteiger partial charge in [0.15, 0.2) is 5.96 Å². The molecule has 0 aromatic rings. The number of guanidine groups is 1. The highest BCUT2D eigenvalue weighted by molar-refractivity contribution is 14.0. The summed E-state index contributed by atoms with van der Waals surface area (Å²) in [5.74, 6) is 0.737. The van der Waals surface area contributed by atoms with E-state index < -0.39 is 0 Å². The molecule has 2 fully saturated rings. The molecule has 0 saturated carbocycles. The first kappa shape index (κ1) is 19.0. The van der Waals surface area contributed by atoms with Crippen LogP contribution in [0.25, 0.3) is 0 Å². The smallest absolute Gasteiger partial charge is 0.191 e. The van der Waals surface area contributed by atoms with Crippen LogP contribution in [-0.2, 0) is 0 Å². The van der Waals surface area contributed by atoms with E-state index >= 15 is 0 Å². The van der Waals surface area contributed by atoms with Crippen molar-refractivity contribution in [3.63, 3.8) is 0 Å². The van der Waals surface area contributed by atoms with Gasteiger partial charge in [-0.15, -0.1) is 24.0 Å². The molecule has 0 aliphatic carbocycles. The van der Waals surface area contributed by atoms with Crippen molar-refractivity contribution < 1.29 is 5.11 Å². The van der Waals surface area contributed by atoms with Gasteiger partial charge in [-0.25, -0.2) is 0 Å². The number of rotatable bonds is 4. The number of nitrogens with zero attached hydrogens (tertiary/aromatic N) is 3. The molecule has 0 unspecified atom stereocenters. The first-order valence-electron chi connectivity index (χ1n) is 8.21. The first-order valence-corrected chi connectivity index (χ1v) is 8.21. The van der Waals surface area contributed by atoms with Gasteiger partial charge in [0.05, 0.1) is 6.10 Å². The fourth-order valence-corrected chi connectivity index (χ4v) is 3.03. The summed E-state index contributed by atoms with van der Waals surface area (Å²) in [5.41, 5.74) is 6.08. The Morgan fingerprint density at radius 2 is 1.67 bits per heavy atom. The van der Waals surface area contributed by atoms with Crippen LogP contribution in [0, 0.1) is 0 Å². The Balaban J connectivity index is 0.00000220. The van der Waals surface area contributed by atoms with Gasteiger partial charge in [0, 0.05) is 32.7 Å². The minimum absolute atomic E-state index is 0. The highest BCUT2D eigenvalue weighted by Gasteiger charge is 2.16. The molecule has 2 rings (SSSR count). The summed E-state index contributed by atoms with van der Waals surface area (Å²) in [4.78, 5) is 9.19. The van der Waals surface area contributed by atoms with Crippen LogP contribution < -0.4 is 5.73 Å². The Morgan fingerprint density at radius 3 is 2.29 bits per heavy atom. The lowest BCUT2D eigenvalue weighted by Crippen LogP contribution is -2.38. The highest BCUT2D eigenvalue weighted by Crippen LogP contribution is 2.10. The van der Waals surface area contributed by atoms with Crippen LogP contribution in [-0.4, -0.2) is 66.2 Å². The molecule has 0 aromatic heterocycles. The van der Waals surface area contributed by atoms with Crippen LogP contribution in [0.4, 0.5) is 0 Å². The summed E-state index contributed by atoms with van der Waals surface area (Å²) in [6.45, 7) is 6.07. The van der Waals surface area contributed by atoms with E-state index in [4.69, 9.17) is 5.73 Å². The van der Waals surface area contributed by atoms with E-state index in [9.17, 15) is 5.11 Å². The maximum atomic E-state index is 9.47. The molecule has 5 nitrogen and oxygen atoms in total. The molecular formula is C15H31IN4O. The molecule has 3 N–H and O–H groups in total. The van der Waals surface area contributed by atoms with Crippen LogP contribution >= 0.6 is 24.0 Å². The second kappa shape index (κ2) is 10.6. The zero-order valence-corrected chi connectivity index (χ0v) is 15.4. The van der Waals surface area contributed by atoms with E-state index in [1.165, 1.54) is 25.7 Å². The molecular weight excluding hydrogens is 379 g/mol. The Hall–Kier alpha value is -0.0800. The number of aliphatic hydroxyl groups excluding tert-OH is 1. The van der Waals surface area contributed by atoms with E-state index in [1.54, 1.807) is 0 Å². The molecule has 6 heteroatoms. The van der Waals surface area contributed by atoms with Crippen LogP contribution in [0.3, 0.4) is 0 Å². The Kier molecular flexibility index (Phi) is 9.59. The lowest BCUT2D eigenvalue weighted by atomic mass is 10.1. The van der Waals surface area contributed by atoms with Crippen LogP contribution in [0.1, 0.15) is 44.9 Å². The van der Waals surface area contributed by atoms with Crippen molar-refractivity contribution >= 4 is 29.9 Å². The van der Waals surface area contributed by atoms with Crippen LogP contribution in [0.5, 0.6) is 0 Å². The molecule has 2 aliphatic rings. The summed E-state index contributed by atoms with van der Waals surface area (Å²) in [7, 11) is 0. The zero-order valence-electron chi connectivity index (χ0n) is 13.0. The summed E-state index contributed by atoms with van der Waals surface area (Å²) < 4.78 is 0. The molecule has 0 atom stereocenters. The van der Waals surface area contributed by atoms with Gasteiger partial charge in [0.2, 0.25) is 0 Å². The molecule has 0 aromatic carbocycles. The fraction of sp³-hybridized carbons (Fsp3) is 0.933. The molecule has 124 valence electrons. The van der Waals surface area contributed by atoms with Crippen molar-refractivity contribution in [3.8, 4) is 0 Å². The van der Waals surface area contributed by atoms with Crippen LogP contribution in [0.2, 0.25) is 0 Å². The second-order valence-electron chi connectivity index (χ2n) is 6.07. The van der Waals surface area contributed by atoms with E-state index in [1.807, 2.05) is 0 Å². The Morgan fingerprint density at radius 1 is 1.05 bits per heavy atom. The van der Waals surface area contributed by atoms with Crippen molar-refractivity contribution in [2.24, 2.45) is 10.7 Å². The monoisotopic (exact) mass is 410 g/mol. The molecule has 0 bridgehead atoms. The predicted octanol–water partition coefficient (Wildman–Crippen LogP) is 1.64. The number of nitrogens with two attached hydrogens (primary N) is 1. The molecule has 0 radical (unpaired) electrons. The molecule has 0 spiro atoms. The molecule has 0 amide bonds. The topological polar surface area (TPSA) is 65.1 Å². The van der Waals surface area contributed by atoms with Gasteiger partial charge in [-0.3, -0.25) is 4.99 Å². The van der Waals surface area contributed by atoms with Gasteiger partial charge in [-0.2, -0.15) is 0 Å². The minimum Gasteiger partial charge on any atom is -0.393 e. The Labute approximate surface area is 146 Å². The first-order chi connectivity index (χ1) is 9.75. The lowest BCUT2D eigenvalue weighted by Gasteiger charge is -2.29. The number of hydrogen-bond donors (Lipinski definition) is 2. The number of halogens is 1. The highest BCUT2D eigenvalue weighted by atomic mass is 127. The average molecular weight is 410 g/mol. The lowest BCUT2D eigenvalue weighted by molar-refractivity contribution is 0.0824. The molecule has 2 heterocycles. The summed E-state index contributed by atoms with van der Waals surface area (Å²) in [6, 6.07) is 0. The van der Waals surface area contributed by atoms with Gasteiger partial charge in [0.25, 0.3) is 0 Å². The van der Waals surface area contributed by atoms with Gasteiger partial charge >= 0.3 is 0 Å². The van der Waals surface area contributed by atoms with Crippen molar-refractivity contribution in [2.45, 2.75) is 51.0 Å². The number of hydrogen-bond acceptors (Lipinski definition) is 3. The molecule has 2 aliphatic heterocycles. The standard InChI is InChI=1S/C15H30N4O.HI/c16-15(19-10-3-1-2-4-11-19)17-8-5-9-18-12-6-14(20)7-13-18;/h14,20H,1-13H2,(H2,16,17);1H. The maximum Gasteiger partial charge on any atom is 0.191 e. The number of likely N-dealkylation sites (tertiary alicyclic amines) is 2. The fourth-order valence-electron chi connectivity index (χ4n) is 3.03. The summed E-state index contributed by atoms with van der Waals surface area (Å²) in [6.07, 6.45) is 7.94. The normalized spacial score (nSPS) is 22.7. The third-order valence-corrected chi connectivity index (χ3v) is 4.39. The third kappa shape index (κ3) is 7.15. The maximum absolute atomic E-state index is 9.47. The van der Waals surface area contributed by atoms with Crippen molar-refractivity contribution in [1.82, 2.24) is 9.80 Å². The van der Waals surface area contributed by atoms with Gasteiger partial charge in [-0.05, 0) is 38.6 Å². The predicted molar refractivity (Wildman–Crippen MR) is 98.2 cm³/mol. The number of aliphatic imine (C=N–C) groups is 1. The third-order valence-electron chi connectivity index (χ3n) is 4.39. The van der Waals surface area contributed by atoms with Crippen molar-refractivity contribution in [1.29, 1.82) is 0 Å². The van der Waals surface area contributed by atoms with Crippen molar-refractivity contribution in [2.75, 3.05) is 39.3 Å². The van der Waals surface area contributed by atoms with Gasteiger partial charge in [0.1, 0.15) is 0 Å². The van der Waals surface area contributed by atoms with Gasteiger partial charge in [-0.1, -0.05) is 12.8 Å². The minimum atomic E-state index is -0.0806. The number of piperidine rings is 1.